The average molecular weight is 368 g/mol. The fraction of sp³-hybridized carbons (Fsp3) is 0.375. The highest BCUT2D eigenvalue weighted by Gasteiger charge is 2.16. The van der Waals surface area contributed by atoms with Crippen molar-refractivity contribution in [3.8, 4) is 0 Å². The highest BCUT2D eigenvalue weighted by atomic mass is 32.2. The van der Waals surface area contributed by atoms with E-state index in [-0.39, 0.29) is 17.0 Å². The van der Waals surface area contributed by atoms with Gasteiger partial charge in [-0.1, -0.05) is 6.07 Å². The van der Waals surface area contributed by atoms with Crippen molar-refractivity contribution in [3.05, 3.63) is 47.3 Å². The first kappa shape index (κ1) is 19.1. The Morgan fingerprint density at radius 2 is 2.12 bits per heavy atom. The molecule has 0 fully saturated rings. The Hall–Kier alpha value is -2.26. The predicted octanol–water partition coefficient (Wildman–Crippen LogP) is 1.39. The van der Waals surface area contributed by atoms with E-state index < -0.39 is 22.6 Å². The van der Waals surface area contributed by atoms with Gasteiger partial charge in [0, 0.05) is 36.5 Å². The Labute approximate surface area is 146 Å². The molecule has 0 saturated carbocycles. The van der Waals surface area contributed by atoms with Gasteiger partial charge in [0.1, 0.15) is 6.67 Å². The Morgan fingerprint density at radius 3 is 2.76 bits per heavy atom. The number of halogens is 1. The third kappa shape index (κ3) is 4.64. The van der Waals surface area contributed by atoms with Crippen molar-refractivity contribution in [2.45, 2.75) is 31.8 Å². The molecule has 0 radical (unpaired) electrons. The van der Waals surface area contributed by atoms with Crippen LogP contribution >= 0.6 is 0 Å². The number of carbonyl (C=O) groups excluding carboxylic acids is 1. The van der Waals surface area contributed by atoms with E-state index in [1.165, 1.54) is 24.3 Å². The lowest BCUT2D eigenvalue weighted by molar-refractivity contribution is 0.0950. The molecule has 0 saturated heterocycles. The van der Waals surface area contributed by atoms with Gasteiger partial charge in [-0.3, -0.25) is 9.48 Å². The normalized spacial score (nSPS) is 11.5. The van der Waals surface area contributed by atoms with Crippen molar-refractivity contribution in [2.24, 2.45) is 0 Å². The van der Waals surface area contributed by atoms with Gasteiger partial charge in [-0.05, 0) is 32.0 Å². The maximum Gasteiger partial charge on any atom is 0.251 e. The Morgan fingerprint density at radius 1 is 1.36 bits per heavy atom. The van der Waals surface area contributed by atoms with Crippen LogP contribution in [0.1, 0.15) is 28.5 Å². The minimum atomic E-state index is -3.84. The third-order valence-corrected chi connectivity index (χ3v) is 5.20. The van der Waals surface area contributed by atoms with Crippen LogP contribution in [-0.2, 0) is 23.1 Å². The summed E-state index contributed by atoms with van der Waals surface area (Å²) >= 11 is 0. The number of nitrogens with one attached hydrogen (secondary N) is 2. The number of hydrogen-bond donors (Lipinski definition) is 2. The van der Waals surface area contributed by atoms with Crippen molar-refractivity contribution in [3.63, 3.8) is 0 Å². The maximum absolute atomic E-state index is 12.3. The monoisotopic (exact) mass is 368 g/mol. The molecule has 1 aromatic heterocycles. The maximum atomic E-state index is 12.3. The second-order valence-corrected chi connectivity index (χ2v) is 7.14. The molecule has 0 aliphatic carbocycles. The summed E-state index contributed by atoms with van der Waals surface area (Å²) in [5.74, 6) is -0.397. The van der Waals surface area contributed by atoms with Gasteiger partial charge in [0.15, 0.2) is 0 Å². The van der Waals surface area contributed by atoms with E-state index >= 15 is 0 Å². The van der Waals surface area contributed by atoms with Crippen LogP contribution in [0.15, 0.2) is 35.4 Å². The Bertz CT molecular complexity index is 849. The van der Waals surface area contributed by atoms with Gasteiger partial charge in [-0.25, -0.2) is 17.5 Å². The fourth-order valence-electron chi connectivity index (χ4n) is 2.32. The molecular weight excluding hydrogens is 347 g/mol. The van der Waals surface area contributed by atoms with Crippen molar-refractivity contribution < 1.29 is 17.6 Å². The summed E-state index contributed by atoms with van der Waals surface area (Å²) in [6.07, 6.45) is 1.70. The zero-order valence-electron chi connectivity index (χ0n) is 14.1. The first-order chi connectivity index (χ1) is 11.9. The van der Waals surface area contributed by atoms with E-state index in [0.717, 1.165) is 17.8 Å². The van der Waals surface area contributed by atoms with E-state index in [2.05, 4.69) is 15.1 Å². The van der Waals surface area contributed by atoms with Gasteiger partial charge in [-0.15, -0.1) is 0 Å². The molecule has 7 nitrogen and oxygen atoms in total. The van der Waals surface area contributed by atoms with Gasteiger partial charge in [0.05, 0.1) is 11.1 Å². The molecule has 0 aliphatic rings. The van der Waals surface area contributed by atoms with Crippen LogP contribution in [0.4, 0.5) is 4.39 Å². The number of rotatable bonds is 8. The van der Waals surface area contributed by atoms with E-state index in [0.29, 0.717) is 6.54 Å². The average Bonchev–Trinajstić information content (AvgIpc) is 2.98. The molecule has 1 amide bonds. The number of benzene rings is 1. The zero-order valence-corrected chi connectivity index (χ0v) is 14.9. The van der Waals surface area contributed by atoms with E-state index in [9.17, 15) is 17.6 Å². The molecule has 0 bridgehead atoms. The molecule has 0 spiro atoms. The zero-order chi connectivity index (χ0) is 18.4. The molecule has 0 atom stereocenters. The van der Waals surface area contributed by atoms with Gasteiger partial charge in [-0.2, -0.15) is 5.10 Å². The molecule has 0 aliphatic heterocycles. The van der Waals surface area contributed by atoms with Crippen LogP contribution in [0, 0.1) is 6.92 Å². The summed E-state index contributed by atoms with van der Waals surface area (Å²) in [6.45, 7) is 3.82. The predicted molar refractivity (Wildman–Crippen MR) is 91.4 cm³/mol. The van der Waals surface area contributed by atoms with Crippen molar-refractivity contribution in [1.82, 2.24) is 19.8 Å². The number of aromatic nitrogens is 2. The van der Waals surface area contributed by atoms with E-state index in [1.54, 1.807) is 6.20 Å². The molecule has 136 valence electrons. The standard InChI is InChI=1S/C16H21FN4O3S/c1-3-21-12(2)14(11-19-21)10-18-16(22)13-5-4-6-15(9-13)25(23,24)20-8-7-17/h4-6,9,11,20H,3,7-8,10H2,1-2H3,(H,18,22). The molecule has 2 N–H and O–H groups in total. The molecule has 2 aromatic rings. The van der Waals surface area contributed by atoms with Crippen LogP contribution in [-0.4, -0.2) is 37.3 Å². The number of alkyl halides is 1. The molecule has 25 heavy (non-hydrogen) atoms. The highest BCUT2D eigenvalue weighted by molar-refractivity contribution is 7.89. The summed E-state index contributed by atoms with van der Waals surface area (Å²) in [6, 6.07) is 5.61. The molecule has 9 heteroatoms. The van der Waals surface area contributed by atoms with Gasteiger partial charge in [0.2, 0.25) is 10.0 Å². The summed E-state index contributed by atoms with van der Waals surface area (Å²) < 4.78 is 40.1. The minimum Gasteiger partial charge on any atom is -0.348 e. The topological polar surface area (TPSA) is 93.1 Å². The molecular formula is C16H21FN4O3S. The van der Waals surface area contributed by atoms with Crippen molar-refractivity contribution in [2.75, 3.05) is 13.2 Å². The van der Waals surface area contributed by atoms with Gasteiger partial charge < -0.3 is 5.32 Å². The lowest BCUT2D eigenvalue weighted by Crippen LogP contribution is -2.27. The number of aryl methyl sites for hydroxylation is 1. The van der Waals surface area contributed by atoms with Crippen molar-refractivity contribution >= 4 is 15.9 Å². The number of amides is 1. The lowest BCUT2D eigenvalue weighted by atomic mass is 10.2. The second-order valence-electron chi connectivity index (χ2n) is 5.37. The summed E-state index contributed by atoms with van der Waals surface area (Å²) in [5.41, 5.74) is 2.07. The Kier molecular flexibility index (Phi) is 6.27. The fourth-order valence-corrected chi connectivity index (χ4v) is 3.37. The van der Waals surface area contributed by atoms with Crippen LogP contribution in [0.25, 0.3) is 0 Å². The smallest absolute Gasteiger partial charge is 0.251 e. The van der Waals surface area contributed by atoms with Crippen LogP contribution < -0.4 is 10.0 Å². The first-order valence-electron chi connectivity index (χ1n) is 7.84. The SMILES string of the molecule is CCn1ncc(CNC(=O)c2cccc(S(=O)(=O)NCCF)c2)c1C. The largest absolute Gasteiger partial charge is 0.348 e. The lowest BCUT2D eigenvalue weighted by Gasteiger charge is -2.08. The third-order valence-electron chi connectivity index (χ3n) is 3.74. The summed E-state index contributed by atoms with van der Waals surface area (Å²) in [4.78, 5) is 12.2. The molecule has 2 rings (SSSR count). The van der Waals surface area contributed by atoms with Crippen LogP contribution in [0.3, 0.4) is 0 Å². The minimum absolute atomic E-state index is 0.0800. The number of hydrogen-bond acceptors (Lipinski definition) is 4. The first-order valence-corrected chi connectivity index (χ1v) is 9.32. The molecule has 0 unspecified atom stereocenters. The molecule has 1 aromatic carbocycles. The second kappa shape index (κ2) is 8.21. The number of nitrogens with zero attached hydrogens (tertiary/aromatic N) is 2. The van der Waals surface area contributed by atoms with Gasteiger partial charge in [0.25, 0.3) is 5.91 Å². The van der Waals surface area contributed by atoms with Gasteiger partial charge >= 0.3 is 0 Å². The van der Waals surface area contributed by atoms with Crippen LogP contribution in [0.2, 0.25) is 0 Å². The number of carbonyl (C=O) groups is 1. The van der Waals surface area contributed by atoms with E-state index in [1.807, 2.05) is 18.5 Å². The summed E-state index contributed by atoms with van der Waals surface area (Å²) in [5, 5.41) is 6.95. The van der Waals surface area contributed by atoms with Crippen molar-refractivity contribution in [1.29, 1.82) is 0 Å². The van der Waals surface area contributed by atoms with Crippen LogP contribution in [0.5, 0.6) is 0 Å². The quantitative estimate of drug-likeness (QED) is 0.736. The number of sulfonamides is 1. The highest BCUT2D eigenvalue weighted by Crippen LogP contribution is 2.12. The molecule has 1 heterocycles. The summed E-state index contributed by atoms with van der Waals surface area (Å²) in [7, 11) is -3.84. The Balaban J connectivity index is 2.09. The van der Waals surface area contributed by atoms with E-state index in [4.69, 9.17) is 0 Å².